The average molecular weight is 239 g/mol. The van der Waals surface area contributed by atoms with Crippen LogP contribution in [0.15, 0.2) is 0 Å². The van der Waals surface area contributed by atoms with Crippen LogP contribution in [0.1, 0.15) is 49.7 Å². The molecule has 4 heteroatoms. The maximum atomic E-state index is 6.12. The maximum Gasteiger partial charge on any atom is 0.185 e. The number of nitrogens with two attached hydrogens (primary N) is 1. The van der Waals surface area contributed by atoms with Crippen molar-refractivity contribution in [3.05, 3.63) is 10.6 Å². The number of aromatic nitrogens is 1. The lowest BCUT2D eigenvalue weighted by atomic mass is 9.99. The molecule has 0 bridgehead atoms. The lowest BCUT2D eigenvalue weighted by Gasteiger charge is -2.22. The molecule has 3 nitrogen and oxygen atoms in total. The monoisotopic (exact) mass is 239 g/mol. The summed E-state index contributed by atoms with van der Waals surface area (Å²) < 4.78 is 0. The minimum absolute atomic E-state index is 0.223. The van der Waals surface area contributed by atoms with Crippen molar-refractivity contribution >= 4 is 16.5 Å². The molecule has 2 unspecified atom stereocenters. The SMILES string of the molecule is CCC(C)N(C)c1nc2c(s1)C(N)CCC2. The summed E-state index contributed by atoms with van der Waals surface area (Å²) in [6.07, 6.45) is 4.55. The van der Waals surface area contributed by atoms with Crippen molar-refractivity contribution < 1.29 is 0 Å². The quantitative estimate of drug-likeness (QED) is 0.882. The standard InChI is InChI=1S/C12H21N3S/c1-4-8(2)15(3)12-14-10-7-5-6-9(13)11(10)16-12/h8-9H,4-7,13H2,1-3H3. The minimum atomic E-state index is 0.223. The van der Waals surface area contributed by atoms with Gasteiger partial charge in [-0.3, -0.25) is 0 Å². The van der Waals surface area contributed by atoms with Crippen LogP contribution in [-0.4, -0.2) is 18.1 Å². The fraction of sp³-hybridized carbons (Fsp3) is 0.750. The van der Waals surface area contributed by atoms with E-state index < -0.39 is 0 Å². The third-order valence-corrected chi connectivity index (χ3v) is 4.86. The van der Waals surface area contributed by atoms with E-state index in [9.17, 15) is 0 Å². The number of thiazole rings is 1. The van der Waals surface area contributed by atoms with Crippen LogP contribution in [0.25, 0.3) is 0 Å². The first-order valence-electron chi connectivity index (χ1n) is 6.11. The minimum Gasteiger partial charge on any atom is -0.348 e. The van der Waals surface area contributed by atoms with Crippen molar-refractivity contribution in [1.29, 1.82) is 0 Å². The second-order valence-electron chi connectivity index (χ2n) is 4.67. The Morgan fingerprint density at radius 3 is 3.00 bits per heavy atom. The summed E-state index contributed by atoms with van der Waals surface area (Å²) in [7, 11) is 2.13. The molecular weight excluding hydrogens is 218 g/mol. The van der Waals surface area contributed by atoms with Gasteiger partial charge in [-0.1, -0.05) is 18.3 Å². The van der Waals surface area contributed by atoms with Crippen molar-refractivity contribution in [3.8, 4) is 0 Å². The summed E-state index contributed by atoms with van der Waals surface area (Å²) in [6.45, 7) is 4.45. The Kier molecular flexibility index (Phi) is 3.50. The molecular formula is C12H21N3S. The van der Waals surface area contributed by atoms with Crippen LogP contribution in [-0.2, 0) is 6.42 Å². The van der Waals surface area contributed by atoms with Crippen LogP contribution < -0.4 is 10.6 Å². The van der Waals surface area contributed by atoms with Crippen molar-refractivity contribution in [2.45, 2.75) is 51.6 Å². The van der Waals surface area contributed by atoms with Crippen LogP contribution in [0.3, 0.4) is 0 Å². The summed E-state index contributed by atoms with van der Waals surface area (Å²) in [4.78, 5) is 8.32. The van der Waals surface area contributed by atoms with Crippen LogP contribution in [0.4, 0.5) is 5.13 Å². The molecule has 0 saturated carbocycles. The number of anilines is 1. The first-order valence-corrected chi connectivity index (χ1v) is 6.93. The molecule has 1 heterocycles. The van der Waals surface area contributed by atoms with Gasteiger partial charge < -0.3 is 10.6 Å². The predicted molar refractivity (Wildman–Crippen MR) is 70.1 cm³/mol. The first kappa shape index (κ1) is 11.9. The Bertz CT molecular complexity index is 361. The molecule has 1 aliphatic carbocycles. The summed E-state index contributed by atoms with van der Waals surface area (Å²) in [5.41, 5.74) is 7.36. The Labute approximate surface area is 102 Å². The predicted octanol–water partition coefficient (Wildman–Crippen LogP) is 2.71. The molecule has 1 aromatic rings. The Morgan fingerprint density at radius 1 is 1.62 bits per heavy atom. The van der Waals surface area contributed by atoms with Gasteiger partial charge in [0.25, 0.3) is 0 Å². The van der Waals surface area contributed by atoms with Crippen LogP contribution in [0.5, 0.6) is 0 Å². The molecule has 0 radical (unpaired) electrons. The van der Waals surface area contributed by atoms with Crippen molar-refractivity contribution in [3.63, 3.8) is 0 Å². The van der Waals surface area contributed by atoms with Gasteiger partial charge in [-0.25, -0.2) is 4.98 Å². The van der Waals surface area contributed by atoms with E-state index in [0.29, 0.717) is 6.04 Å². The van der Waals surface area contributed by atoms with E-state index in [0.717, 1.165) is 24.4 Å². The highest BCUT2D eigenvalue weighted by atomic mass is 32.1. The maximum absolute atomic E-state index is 6.12. The third-order valence-electron chi connectivity index (χ3n) is 3.54. The van der Waals surface area contributed by atoms with Crippen molar-refractivity contribution in [2.24, 2.45) is 5.73 Å². The van der Waals surface area contributed by atoms with E-state index >= 15 is 0 Å². The third kappa shape index (κ3) is 2.09. The van der Waals surface area contributed by atoms with E-state index in [1.807, 2.05) is 0 Å². The molecule has 1 aromatic heterocycles. The molecule has 0 spiro atoms. The summed E-state index contributed by atoms with van der Waals surface area (Å²) >= 11 is 1.79. The van der Waals surface area contributed by atoms with Crippen molar-refractivity contribution in [2.75, 3.05) is 11.9 Å². The summed E-state index contributed by atoms with van der Waals surface area (Å²) in [5, 5.41) is 1.14. The molecule has 0 aromatic carbocycles. The summed E-state index contributed by atoms with van der Waals surface area (Å²) in [6, 6.07) is 0.768. The van der Waals surface area contributed by atoms with E-state index in [4.69, 9.17) is 10.7 Å². The smallest absolute Gasteiger partial charge is 0.185 e. The van der Waals surface area contributed by atoms with Gasteiger partial charge in [0, 0.05) is 24.0 Å². The molecule has 16 heavy (non-hydrogen) atoms. The zero-order valence-electron chi connectivity index (χ0n) is 10.4. The number of rotatable bonds is 3. The highest BCUT2D eigenvalue weighted by Crippen LogP contribution is 2.36. The highest BCUT2D eigenvalue weighted by Gasteiger charge is 2.23. The van der Waals surface area contributed by atoms with Crippen LogP contribution in [0, 0.1) is 0 Å². The summed E-state index contributed by atoms with van der Waals surface area (Å²) in [5.74, 6) is 0. The van der Waals surface area contributed by atoms with Gasteiger partial charge in [-0.15, -0.1) is 0 Å². The van der Waals surface area contributed by atoms with Gasteiger partial charge in [0.1, 0.15) is 0 Å². The van der Waals surface area contributed by atoms with Gasteiger partial charge >= 0.3 is 0 Å². The van der Waals surface area contributed by atoms with E-state index in [1.165, 1.54) is 17.0 Å². The second-order valence-corrected chi connectivity index (χ2v) is 5.68. The number of aryl methyl sites for hydroxylation is 1. The Morgan fingerprint density at radius 2 is 2.38 bits per heavy atom. The average Bonchev–Trinajstić information content (AvgIpc) is 2.72. The molecule has 2 rings (SSSR count). The first-order chi connectivity index (χ1) is 7.63. The van der Waals surface area contributed by atoms with Crippen LogP contribution in [0.2, 0.25) is 0 Å². The van der Waals surface area contributed by atoms with Gasteiger partial charge in [0.15, 0.2) is 5.13 Å². The Balaban J connectivity index is 2.24. The van der Waals surface area contributed by atoms with Crippen molar-refractivity contribution in [1.82, 2.24) is 4.98 Å². The number of hydrogen-bond donors (Lipinski definition) is 1. The molecule has 90 valence electrons. The number of nitrogens with zero attached hydrogens (tertiary/aromatic N) is 2. The van der Waals surface area contributed by atoms with Crippen LogP contribution >= 0.6 is 11.3 Å². The Hall–Kier alpha value is -0.610. The number of fused-ring (bicyclic) bond motifs is 1. The largest absolute Gasteiger partial charge is 0.348 e. The zero-order chi connectivity index (χ0) is 11.7. The molecule has 2 atom stereocenters. The molecule has 0 aliphatic heterocycles. The molecule has 0 amide bonds. The van der Waals surface area contributed by atoms with Gasteiger partial charge in [-0.05, 0) is 32.6 Å². The van der Waals surface area contributed by atoms with Gasteiger partial charge in [0.05, 0.1) is 5.69 Å². The molecule has 1 aliphatic rings. The highest BCUT2D eigenvalue weighted by molar-refractivity contribution is 7.15. The lowest BCUT2D eigenvalue weighted by Crippen LogP contribution is -2.27. The number of hydrogen-bond acceptors (Lipinski definition) is 4. The van der Waals surface area contributed by atoms with Gasteiger partial charge in [0.2, 0.25) is 0 Å². The molecule has 0 saturated heterocycles. The van der Waals surface area contributed by atoms with E-state index in [-0.39, 0.29) is 6.04 Å². The zero-order valence-corrected chi connectivity index (χ0v) is 11.2. The van der Waals surface area contributed by atoms with E-state index in [1.54, 1.807) is 11.3 Å². The second kappa shape index (κ2) is 4.72. The molecule has 0 fully saturated rings. The van der Waals surface area contributed by atoms with E-state index in [2.05, 4.69) is 25.8 Å². The normalized spacial score (nSPS) is 21.6. The fourth-order valence-corrected chi connectivity index (χ4v) is 3.26. The fourth-order valence-electron chi connectivity index (χ4n) is 2.05. The molecule has 2 N–H and O–H groups in total. The lowest BCUT2D eigenvalue weighted by molar-refractivity contribution is 0.573. The van der Waals surface area contributed by atoms with Gasteiger partial charge in [-0.2, -0.15) is 0 Å². The topological polar surface area (TPSA) is 42.2 Å².